The first-order valence-corrected chi connectivity index (χ1v) is 30.0. The molecule has 5 heterocycles. The molecule has 0 fully saturated rings. The third kappa shape index (κ3) is 7.82. The van der Waals surface area contributed by atoms with Crippen LogP contribution >= 0.6 is 0 Å². The fourth-order valence-electron chi connectivity index (χ4n) is 14.2. The summed E-state index contributed by atoms with van der Waals surface area (Å²) in [6.45, 7) is -0.688. The molecule has 13 aromatic rings. The molecule has 0 amide bonds. The van der Waals surface area contributed by atoms with Crippen LogP contribution in [-0.4, -0.2) is 13.4 Å². The topological polar surface area (TPSA) is 43.9 Å². The molecule has 0 aromatic heterocycles. The highest BCUT2D eigenvalue weighted by molar-refractivity contribution is 7.02. The maximum absolute atomic E-state index is 8.06. The summed E-state index contributed by atoms with van der Waals surface area (Å²) in [6, 6.07) is 110. The molecule has 5 aliphatic heterocycles. The number of para-hydroxylation sites is 8. The van der Waals surface area contributed by atoms with Crippen molar-refractivity contribution in [3.8, 4) is 34.5 Å². The lowest BCUT2D eigenvalue weighted by molar-refractivity contribution is 0.465. The summed E-state index contributed by atoms with van der Waals surface area (Å²) in [5.74, 6) is 4.45. The molecule has 0 atom stereocenters. The van der Waals surface area contributed by atoms with E-state index in [2.05, 4.69) is 334 Å². The average Bonchev–Trinajstić information content (AvgIpc) is 1.66. The predicted molar refractivity (Wildman–Crippen MR) is 362 cm³/mol. The van der Waals surface area contributed by atoms with Gasteiger partial charge in [0.2, 0.25) is 0 Å². The van der Waals surface area contributed by atoms with Crippen molar-refractivity contribution in [1.82, 2.24) is 0 Å². The number of anilines is 15. The number of hydrogen-bond donors (Lipinski definition) is 0. The van der Waals surface area contributed by atoms with Crippen molar-refractivity contribution in [1.29, 1.82) is 0 Å². The Kier molecular flexibility index (Phi) is 11.3. The van der Waals surface area contributed by atoms with Gasteiger partial charge in [0.05, 0.1) is 17.1 Å². The van der Waals surface area contributed by atoms with E-state index in [1.165, 1.54) is 0 Å². The van der Waals surface area contributed by atoms with Crippen molar-refractivity contribution in [3.05, 3.63) is 309 Å². The van der Waals surface area contributed by atoms with Gasteiger partial charge in [0, 0.05) is 92.5 Å². The number of ether oxygens (including phenoxy) is 3. The van der Waals surface area contributed by atoms with Crippen molar-refractivity contribution in [3.63, 3.8) is 0 Å². The molecule has 5 aliphatic rings. The fourth-order valence-corrected chi connectivity index (χ4v) is 14.2. The van der Waals surface area contributed by atoms with Crippen molar-refractivity contribution in [2.45, 2.75) is 0 Å². The summed E-state index contributed by atoms with van der Waals surface area (Å²) in [6.07, 6.45) is 0. The minimum absolute atomic E-state index is 0.326. The lowest BCUT2D eigenvalue weighted by atomic mass is 9.30. The van der Waals surface area contributed by atoms with E-state index in [1.54, 1.807) is 0 Å². The summed E-state index contributed by atoms with van der Waals surface area (Å²) in [5.41, 5.74) is 21.3. The monoisotopic (exact) mass is 1130 g/mol. The summed E-state index contributed by atoms with van der Waals surface area (Å²) in [4.78, 5) is 11.8. The summed E-state index contributed by atoms with van der Waals surface area (Å²) in [7, 11) is 0. The standard InChI is InChI=1S/C78H51B2N5O3/c1-9-26-52(27-10-1)81(53-28-11-2-12-29-53)60-44-66-76-73(48-60)87-70-51-71-64-50-63(70)79(76)75-65(84(66)58-38-21-7-22-39-58)42-25-43-69(75)86-72-47-61(82(54-30-13-3-14-31-54)55-32-15-4-16-33-55)45-67-77(72)80(64)78-68(85(67)59-40-23-8-24-41-59)46-62(49-74(78)88-71)83(56-34-17-5-18-35-56)57-36-19-6-20-37-57/h1-51H. The van der Waals surface area contributed by atoms with Gasteiger partial charge in [-0.25, -0.2) is 0 Å². The van der Waals surface area contributed by atoms with E-state index in [4.69, 9.17) is 14.2 Å². The Hall–Kier alpha value is -11.6. The molecule has 0 unspecified atom stereocenters. The zero-order chi connectivity index (χ0) is 57.8. The quantitative estimate of drug-likeness (QED) is 0.119. The Balaban J connectivity index is 0.951. The van der Waals surface area contributed by atoms with E-state index in [1.807, 2.05) is 0 Å². The first-order chi connectivity index (χ1) is 43.7. The Morgan fingerprint density at radius 2 is 0.500 bits per heavy atom. The molecular weight excluding hydrogens is 1080 g/mol. The third-order valence-corrected chi connectivity index (χ3v) is 17.8. The molecular formula is C78H51B2N5O3. The van der Waals surface area contributed by atoms with E-state index in [9.17, 15) is 0 Å². The Morgan fingerprint density at radius 3 is 0.830 bits per heavy atom. The lowest BCUT2D eigenvalue weighted by Gasteiger charge is -2.44. The molecule has 0 aliphatic carbocycles. The van der Waals surface area contributed by atoms with E-state index in [-0.39, 0.29) is 13.4 Å². The molecule has 2 bridgehead atoms. The van der Waals surface area contributed by atoms with Gasteiger partial charge in [-0.2, -0.15) is 0 Å². The zero-order valence-electron chi connectivity index (χ0n) is 47.6. The Bertz CT molecular complexity index is 4740. The van der Waals surface area contributed by atoms with Crippen molar-refractivity contribution >= 4 is 132 Å². The van der Waals surface area contributed by atoms with Crippen LogP contribution < -0.4 is 71.5 Å². The maximum atomic E-state index is 8.06. The van der Waals surface area contributed by atoms with E-state index < -0.39 is 0 Å². The van der Waals surface area contributed by atoms with Crippen LogP contribution in [0, 0.1) is 0 Å². The van der Waals surface area contributed by atoms with Crippen LogP contribution in [0.15, 0.2) is 309 Å². The molecule has 0 spiro atoms. The third-order valence-electron chi connectivity index (χ3n) is 17.8. The normalized spacial score (nSPS) is 13.0. The molecule has 0 N–H and O–H groups in total. The number of rotatable bonds is 11. The predicted octanol–water partition coefficient (Wildman–Crippen LogP) is 17.0. The molecule has 13 aromatic carbocycles. The van der Waals surface area contributed by atoms with Crippen molar-refractivity contribution in [2.75, 3.05) is 24.5 Å². The molecule has 412 valence electrons. The van der Waals surface area contributed by atoms with Crippen LogP contribution in [0.25, 0.3) is 0 Å². The highest BCUT2D eigenvalue weighted by Gasteiger charge is 2.50. The number of hydrogen-bond acceptors (Lipinski definition) is 8. The second kappa shape index (κ2) is 20.0. The molecule has 88 heavy (non-hydrogen) atoms. The van der Waals surface area contributed by atoms with Crippen LogP contribution in [0.5, 0.6) is 34.5 Å². The van der Waals surface area contributed by atoms with Gasteiger partial charge in [0.15, 0.2) is 0 Å². The van der Waals surface area contributed by atoms with E-state index in [0.717, 1.165) is 153 Å². The van der Waals surface area contributed by atoms with Crippen LogP contribution in [0.4, 0.5) is 85.3 Å². The largest absolute Gasteiger partial charge is 0.458 e. The summed E-state index contributed by atoms with van der Waals surface area (Å²) >= 11 is 0. The summed E-state index contributed by atoms with van der Waals surface area (Å²) in [5, 5.41) is 0. The first-order valence-electron chi connectivity index (χ1n) is 30.0. The van der Waals surface area contributed by atoms with Gasteiger partial charge in [0.25, 0.3) is 13.4 Å². The minimum Gasteiger partial charge on any atom is -0.458 e. The Morgan fingerprint density at radius 1 is 0.216 bits per heavy atom. The molecule has 0 radical (unpaired) electrons. The van der Waals surface area contributed by atoms with Gasteiger partial charge in [-0.3, -0.25) is 0 Å². The van der Waals surface area contributed by atoms with Crippen LogP contribution in [0.2, 0.25) is 0 Å². The second-order valence-electron chi connectivity index (χ2n) is 22.8. The molecule has 0 saturated heterocycles. The molecule has 18 rings (SSSR count). The van der Waals surface area contributed by atoms with Crippen molar-refractivity contribution in [2.24, 2.45) is 0 Å². The van der Waals surface area contributed by atoms with Crippen LogP contribution in [-0.2, 0) is 0 Å². The van der Waals surface area contributed by atoms with Gasteiger partial charge >= 0.3 is 0 Å². The zero-order valence-corrected chi connectivity index (χ0v) is 47.6. The van der Waals surface area contributed by atoms with Gasteiger partial charge < -0.3 is 38.7 Å². The highest BCUT2D eigenvalue weighted by atomic mass is 16.5. The molecule has 8 nitrogen and oxygen atoms in total. The first kappa shape index (κ1) is 49.8. The minimum atomic E-state index is -0.362. The van der Waals surface area contributed by atoms with Crippen molar-refractivity contribution < 1.29 is 14.2 Å². The van der Waals surface area contributed by atoms with Gasteiger partial charge in [0.1, 0.15) is 34.5 Å². The Labute approximate surface area is 511 Å². The molecule has 0 saturated carbocycles. The average molecular weight is 1130 g/mol. The van der Waals surface area contributed by atoms with E-state index in [0.29, 0.717) is 0 Å². The van der Waals surface area contributed by atoms with Gasteiger partial charge in [-0.1, -0.05) is 158 Å². The fraction of sp³-hybridized carbons (Fsp3) is 0. The second-order valence-corrected chi connectivity index (χ2v) is 22.8. The smallest absolute Gasteiger partial charge is 0.261 e. The highest BCUT2D eigenvalue weighted by Crippen LogP contribution is 2.52. The lowest BCUT2D eigenvalue weighted by Crippen LogP contribution is -2.64. The van der Waals surface area contributed by atoms with Crippen LogP contribution in [0.3, 0.4) is 0 Å². The van der Waals surface area contributed by atoms with Gasteiger partial charge in [-0.05, 0) is 160 Å². The summed E-state index contributed by atoms with van der Waals surface area (Å²) < 4.78 is 23.2. The number of nitrogens with zero attached hydrogens (tertiary/aromatic N) is 5. The molecule has 10 heteroatoms. The van der Waals surface area contributed by atoms with E-state index >= 15 is 0 Å². The number of benzene rings is 13. The maximum Gasteiger partial charge on any atom is 0.261 e. The van der Waals surface area contributed by atoms with Gasteiger partial charge in [-0.15, -0.1) is 0 Å². The SMILES string of the molecule is c1ccc(N(c2ccccc2)c2cc3c4c(c2)N(c2ccccc2)c2cccc5c2B4c2cc4c(cc2O3)Oc2cc(N(c3ccccc3)c3ccccc3)cc3c2B4c2c(cc(N(c4ccccc4)c4ccccc4)cc2N3c2ccccc2)O5)cc1. The van der Waals surface area contributed by atoms with Crippen LogP contribution in [0.1, 0.15) is 0 Å².